The molecule has 1 atom stereocenters. The molecule has 0 saturated carbocycles. The first-order valence-electron chi connectivity index (χ1n) is 5.98. The molecule has 0 spiro atoms. The van der Waals surface area contributed by atoms with Crippen molar-refractivity contribution in [3.05, 3.63) is 23.2 Å². The van der Waals surface area contributed by atoms with E-state index in [1.54, 1.807) is 18.2 Å². The van der Waals surface area contributed by atoms with Crippen LogP contribution in [0.5, 0.6) is 0 Å². The number of amides is 4. The molecule has 3 N–H and O–H groups in total. The highest BCUT2D eigenvalue weighted by Gasteiger charge is 2.31. The van der Waals surface area contributed by atoms with E-state index in [1.807, 2.05) is 0 Å². The zero-order valence-electron chi connectivity index (χ0n) is 10.5. The molecule has 1 aromatic heterocycles. The van der Waals surface area contributed by atoms with E-state index in [9.17, 15) is 14.4 Å². The normalized spacial score (nSPS) is 17.7. The van der Waals surface area contributed by atoms with Crippen molar-refractivity contribution < 1.29 is 14.4 Å². The molecule has 1 aliphatic heterocycles. The molecule has 3 rings (SSSR count). The SMILES string of the molecule is O=C(CC1NC(=O)NC1=O)Nc1nc2ccc(Cl)cc2s1. The van der Waals surface area contributed by atoms with Crippen LogP contribution >= 0.6 is 22.9 Å². The topological polar surface area (TPSA) is 100 Å². The number of fused-ring (bicyclic) bond motifs is 1. The van der Waals surface area contributed by atoms with E-state index in [0.29, 0.717) is 10.2 Å². The highest BCUT2D eigenvalue weighted by Crippen LogP contribution is 2.28. The van der Waals surface area contributed by atoms with Crippen molar-refractivity contribution in [3.8, 4) is 0 Å². The zero-order chi connectivity index (χ0) is 15.0. The minimum atomic E-state index is -0.846. The van der Waals surface area contributed by atoms with Crippen molar-refractivity contribution >= 4 is 56.1 Å². The maximum atomic E-state index is 11.9. The van der Waals surface area contributed by atoms with Gasteiger partial charge in [-0.3, -0.25) is 14.9 Å². The number of anilines is 1. The Morgan fingerprint density at radius 2 is 2.24 bits per heavy atom. The van der Waals surface area contributed by atoms with Crippen LogP contribution in [0.15, 0.2) is 18.2 Å². The van der Waals surface area contributed by atoms with Crippen molar-refractivity contribution in [1.82, 2.24) is 15.6 Å². The Morgan fingerprint density at radius 1 is 1.43 bits per heavy atom. The summed E-state index contributed by atoms with van der Waals surface area (Å²) < 4.78 is 0.852. The van der Waals surface area contributed by atoms with Crippen molar-refractivity contribution in [3.63, 3.8) is 0 Å². The van der Waals surface area contributed by atoms with Crippen LogP contribution in [0, 0.1) is 0 Å². The minimum Gasteiger partial charge on any atom is -0.325 e. The van der Waals surface area contributed by atoms with E-state index in [2.05, 4.69) is 20.9 Å². The van der Waals surface area contributed by atoms with E-state index >= 15 is 0 Å². The van der Waals surface area contributed by atoms with Gasteiger partial charge in [-0.25, -0.2) is 9.78 Å². The lowest BCUT2D eigenvalue weighted by molar-refractivity contribution is -0.124. The fraction of sp³-hybridized carbons (Fsp3) is 0.167. The van der Waals surface area contributed by atoms with Gasteiger partial charge in [0.2, 0.25) is 5.91 Å². The molecule has 0 radical (unpaired) electrons. The number of aromatic nitrogens is 1. The zero-order valence-corrected chi connectivity index (χ0v) is 12.0. The Hall–Kier alpha value is -2.19. The quantitative estimate of drug-likeness (QED) is 0.745. The average Bonchev–Trinajstić information content (AvgIpc) is 2.91. The number of hydrogen-bond donors (Lipinski definition) is 3. The highest BCUT2D eigenvalue weighted by molar-refractivity contribution is 7.22. The maximum absolute atomic E-state index is 11.9. The van der Waals surface area contributed by atoms with Gasteiger partial charge >= 0.3 is 6.03 Å². The van der Waals surface area contributed by atoms with Crippen LogP contribution in [-0.4, -0.2) is 28.9 Å². The molecule has 4 amide bonds. The smallest absolute Gasteiger partial charge is 0.322 e. The molecular weight excluding hydrogens is 316 g/mol. The third-order valence-corrected chi connectivity index (χ3v) is 4.01. The van der Waals surface area contributed by atoms with Gasteiger partial charge in [-0.1, -0.05) is 22.9 Å². The lowest BCUT2D eigenvalue weighted by atomic mass is 10.2. The van der Waals surface area contributed by atoms with Crippen LogP contribution < -0.4 is 16.0 Å². The van der Waals surface area contributed by atoms with Gasteiger partial charge in [0.15, 0.2) is 5.13 Å². The number of benzene rings is 1. The molecule has 2 heterocycles. The second-order valence-corrected chi connectivity index (χ2v) is 5.87. The predicted octanol–water partition coefficient (Wildman–Crippen LogP) is 1.49. The second-order valence-electron chi connectivity index (χ2n) is 4.40. The van der Waals surface area contributed by atoms with Crippen LogP contribution in [0.4, 0.5) is 9.93 Å². The van der Waals surface area contributed by atoms with Crippen LogP contribution in [0.3, 0.4) is 0 Å². The number of imide groups is 1. The van der Waals surface area contributed by atoms with Crippen LogP contribution in [-0.2, 0) is 9.59 Å². The Bertz CT molecular complexity index is 760. The summed E-state index contributed by atoms with van der Waals surface area (Å²) in [5, 5.41) is 8.04. The number of carbonyl (C=O) groups is 3. The molecule has 1 saturated heterocycles. The molecule has 1 fully saturated rings. The molecule has 108 valence electrons. The summed E-state index contributed by atoms with van der Waals surface area (Å²) in [5.74, 6) is -0.909. The van der Waals surface area contributed by atoms with Crippen LogP contribution in [0.25, 0.3) is 10.2 Å². The largest absolute Gasteiger partial charge is 0.325 e. The predicted molar refractivity (Wildman–Crippen MR) is 78.3 cm³/mol. The van der Waals surface area contributed by atoms with E-state index in [1.165, 1.54) is 11.3 Å². The van der Waals surface area contributed by atoms with Gasteiger partial charge in [-0.15, -0.1) is 0 Å². The first-order valence-corrected chi connectivity index (χ1v) is 7.18. The fourth-order valence-corrected chi connectivity index (χ4v) is 3.07. The van der Waals surface area contributed by atoms with Gasteiger partial charge in [0, 0.05) is 5.02 Å². The van der Waals surface area contributed by atoms with E-state index < -0.39 is 23.9 Å². The first kappa shape index (κ1) is 13.8. The molecule has 1 aromatic carbocycles. The van der Waals surface area contributed by atoms with E-state index in [0.717, 1.165) is 10.2 Å². The lowest BCUT2D eigenvalue weighted by Gasteiger charge is -2.05. The Balaban J connectivity index is 1.68. The number of nitrogens with zero attached hydrogens (tertiary/aromatic N) is 1. The van der Waals surface area contributed by atoms with Crippen molar-refractivity contribution in [2.75, 3.05) is 5.32 Å². The van der Waals surface area contributed by atoms with Crippen molar-refractivity contribution in [2.45, 2.75) is 12.5 Å². The number of rotatable bonds is 3. The van der Waals surface area contributed by atoms with Crippen molar-refractivity contribution in [2.24, 2.45) is 0 Å². The van der Waals surface area contributed by atoms with E-state index in [-0.39, 0.29) is 6.42 Å². The standard InChI is InChI=1S/C12H9ClN4O3S/c13-5-1-2-6-8(3-5)21-12(15-6)16-9(18)4-7-10(19)17-11(20)14-7/h1-3,7H,4H2,(H,15,16,18)(H2,14,17,19,20). The average molecular weight is 325 g/mol. The fourth-order valence-electron chi connectivity index (χ4n) is 1.91. The summed E-state index contributed by atoms with van der Waals surface area (Å²) in [6.45, 7) is 0. The number of thiazole rings is 1. The summed E-state index contributed by atoms with van der Waals surface area (Å²) in [6.07, 6.45) is -0.145. The number of carbonyl (C=O) groups excluding carboxylic acids is 3. The summed E-state index contributed by atoms with van der Waals surface area (Å²) in [4.78, 5) is 38.4. The molecule has 1 unspecified atom stereocenters. The number of halogens is 1. The first-order chi connectivity index (χ1) is 10.0. The maximum Gasteiger partial charge on any atom is 0.322 e. The molecule has 0 bridgehead atoms. The van der Waals surface area contributed by atoms with Crippen molar-refractivity contribution in [1.29, 1.82) is 0 Å². The van der Waals surface area contributed by atoms with Gasteiger partial charge in [0.05, 0.1) is 16.6 Å². The van der Waals surface area contributed by atoms with E-state index in [4.69, 9.17) is 11.6 Å². The van der Waals surface area contributed by atoms with Gasteiger partial charge < -0.3 is 10.6 Å². The molecular formula is C12H9ClN4O3S. The third kappa shape index (κ3) is 2.96. The number of urea groups is 1. The molecule has 21 heavy (non-hydrogen) atoms. The molecule has 1 aliphatic rings. The number of hydrogen-bond acceptors (Lipinski definition) is 5. The Kier molecular flexibility index (Phi) is 3.48. The lowest BCUT2D eigenvalue weighted by Crippen LogP contribution is -2.33. The molecule has 9 heteroatoms. The monoisotopic (exact) mass is 324 g/mol. The third-order valence-electron chi connectivity index (χ3n) is 2.84. The summed E-state index contributed by atoms with van der Waals surface area (Å²) in [6, 6.07) is 3.80. The van der Waals surface area contributed by atoms with Gasteiger partial charge in [-0.05, 0) is 18.2 Å². The molecule has 2 aromatic rings. The number of nitrogens with one attached hydrogen (secondary N) is 3. The van der Waals surface area contributed by atoms with Crippen LogP contribution in [0.1, 0.15) is 6.42 Å². The second kappa shape index (κ2) is 5.30. The summed E-state index contributed by atoms with van der Waals surface area (Å²) in [5.41, 5.74) is 0.728. The Labute approximate surface area is 127 Å². The summed E-state index contributed by atoms with van der Waals surface area (Å²) in [7, 11) is 0. The Morgan fingerprint density at radius 3 is 2.95 bits per heavy atom. The van der Waals surface area contributed by atoms with Gasteiger partial charge in [-0.2, -0.15) is 0 Å². The highest BCUT2D eigenvalue weighted by atomic mass is 35.5. The van der Waals surface area contributed by atoms with Gasteiger partial charge in [0.1, 0.15) is 6.04 Å². The minimum absolute atomic E-state index is 0.145. The molecule has 0 aliphatic carbocycles. The van der Waals surface area contributed by atoms with Gasteiger partial charge in [0.25, 0.3) is 5.91 Å². The summed E-state index contributed by atoms with van der Waals surface area (Å²) >= 11 is 7.17. The van der Waals surface area contributed by atoms with Crippen LogP contribution in [0.2, 0.25) is 5.02 Å². The molecule has 7 nitrogen and oxygen atoms in total.